The quantitative estimate of drug-likeness (QED) is 0.447. The minimum Gasteiger partial charge on any atom is -1.00 e. The second-order valence-electron chi connectivity index (χ2n) is 0.949. The molecule has 0 fully saturated rings. The summed E-state index contributed by atoms with van der Waals surface area (Å²) in [7, 11) is 0. The fraction of sp³-hybridized carbons (Fsp3) is 1.00. The molecule has 0 aromatic rings. The van der Waals surface area contributed by atoms with Gasteiger partial charge in [-0.15, -0.1) is 0 Å². The van der Waals surface area contributed by atoms with Crippen molar-refractivity contribution in [2.75, 3.05) is 19.8 Å². The van der Waals surface area contributed by atoms with E-state index in [4.69, 9.17) is 15.3 Å². The van der Waals surface area contributed by atoms with E-state index in [2.05, 4.69) is 0 Å². The number of aliphatic hydroxyl groups excluding tert-OH is 3. The van der Waals surface area contributed by atoms with E-state index in [9.17, 15) is 0 Å². The molecule has 0 unspecified atom stereocenters. The van der Waals surface area contributed by atoms with Crippen LogP contribution in [0.3, 0.4) is 0 Å². The Kier molecular flexibility index (Phi) is 176. The van der Waals surface area contributed by atoms with Crippen LogP contribution in [0, 0.1) is 0 Å². The molecule has 0 spiro atoms. The predicted molar refractivity (Wildman–Crippen MR) is 38.3 cm³/mol. The molecule has 0 aliphatic heterocycles. The number of hydrogen-bond acceptors (Lipinski definition) is 3. The Morgan fingerprint density at radius 1 is 0.727 bits per heavy atom. The monoisotopic (exact) mass is 307 g/mol. The number of hydrogen-bond donors (Lipinski definition) is 3. The minimum absolute atomic E-state index is 0. The molecule has 0 atom stereocenters. The van der Waals surface area contributed by atoms with Gasteiger partial charge in [0.1, 0.15) is 0 Å². The van der Waals surface area contributed by atoms with Gasteiger partial charge in [0.15, 0.2) is 0 Å². The van der Waals surface area contributed by atoms with Crippen LogP contribution in [0.15, 0.2) is 0 Å². The summed E-state index contributed by atoms with van der Waals surface area (Å²) in [4.78, 5) is 0. The molecule has 5 heteroatoms. The third-order valence-corrected chi connectivity index (χ3v) is 0. The Balaban J connectivity index is -0.0000000150. The van der Waals surface area contributed by atoms with E-state index in [-0.39, 0.29) is 63.0 Å². The average molecular weight is 309 g/mol. The molecule has 0 aliphatic rings. The standard InChI is InChI=1S/3C2H6O.BrH.Zr/c3*1-2-3;;/h3*3H,2H2,1H3;1H;/p-1. The van der Waals surface area contributed by atoms with Crippen LogP contribution < -0.4 is 17.0 Å². The van der Waals surface area contributed by atoms with Gasteiger partial charge in [-0.3, -0.25) is 0 Å². The summed E-state index contributed by atoms with van der Waals surface area (Å²) in [5.41, 5.74) is 0. The molecule has 0 aromatic heterocycles. The van der Waals surface area contributed by atoms with Crippen LogP contribution >= 0.6 is 0 Å². The summed E-state index contributed by atoms with van der Waals surface area (Å²) < 4.78 is 0. The van der Waals surface area contributed by atoms with Gasteiger partial charge in [0.2, 0.25) is 0 Å². The third-order valence-electron chi connectivity index (χ3n) is 0. The van der Waals surface area contributed by atoms with E-state index in [1.165, 1.54) is 0 Å². The molecular formula is C6H18BrO3Zr-. The predicted octanol–water partition coefficient (Wildman–Crippen LogP) is -3.00. The molecule has 3 N–H and O–H groups in total. The first kappa shape index (κ1) is 29.5. The zero-order valence-corrected chi connectivity index (χ0v) is 11.4. The summed E-state index contributed by atoms with van der Waals surface area (Å²) in [6.45, 7) is 5.79. The molecule has 3 nitrogen and oxygen atoms in total. The SMILES string of the molecule is CCO.CCO.CCO.[Br-].[Zr]. The van der Waals surface area contributed by atoms with Gasteiger partial charge in [-0.05, 0) is 20.8 Å². The van der Waals surface area contributed by atoms with Gasteiger partial charge in [-0.2, -0.15) is 0 Å². The number of rotatable bonds is 0. The van der Waals surface area contributed by atoms with Crippen molar-refractivity contribution in [1.29, 1.82) is 0 Å². The maximum atomic E-state index is 7.57. The molecular weight excluding hydrogens is 291 g/mol. The molecule has 0 saturated heterocycles. The Hall–Kier alpha value is 1.24. The van der Waals surface area contributed by atoms with E-state index in [0.717, 1.165) is 0 Å². The third kappa shape index (κ3) is 622. The van der Waals surface area contributed by atoms with Crippen LogP contribution in [-0.4, -0.2) is 35.1 Å². The summed E-state index contributed by atoms with van der Waals surface area (Å²) >= 11 is 0. The van der Waals surface area contributed by atoms with E-state index in [0.29, 0.717) is 0 Å². The van der Waals surface area contributed by atoms with Crippen molar-refractivity contribution in [3.8, 4) is 0 Å². The molecule has 0 radical (unpaired) electrons. The van der Waals surface area contributed by atoms with E-state index in [1.54, 1.807) is 20.8 Å². The van der Waals surface area contributed by atoms with E-state index < -0.39 is 0 Å². The second kappa shape index (κ2) is 65.5. The van der Waals surface area contributed by atoms with Gasteiger partial charge in [-0.1, -0.05) is 0 Å². The fourth-order valence-corrected chi connectivity index (χ4v) is 0. The van der Waals surface area contributed by atoms with E-state index >= 15 is 0 Å². The normalized spacial score (nSPS) is 4.91. The smallest absolute Gasteiger partial charge is 0.0402 e. The van der Waals surface area contributed by atoms with Crippen molar-refractivity contribution in [1.82, 2.24) is 0 Å². The molecule has 0 saturated carbocycles. The van der Waals surface area contributed by atoms with Crippen LogP contribution in [0.25, 0.3) is 0 Å². The van der Waals surface area contributed by atoms with Crippen molar-refractivity contribution < 1.29 is 58.5 Å². The summed E-state index contributed by atoms with van der Waals surface area (Å²) in [6.07, 6.45) is 0. The van der Waals surface area contributed by atoms with Crippen molar-refractivity contribution >= 4 is 0 Å². The summed E-state index contributed by atoms with van der Waals surface area (Å²) in [5, 5.41) is 22.7. The van der Waals surface area contributed by atoms with Gasteiger partial charge < -0.3 is 32.3 Å². The Morgan fingerprint density at radius 3 is 0.727 bits per heavy atom. The molecule has 11 heavy (non-hydrogen) atoms. The van der Waals surface area contributed by atoms with Crippen LogP contribution in [0.4, 0.5) is 0 Å². The average Bonchev–Trinajstić information content (AvgIpc) is 1.70. The first-order chi connectivity index (χ1) is 4.24. The van der Waals surface area contributed by atoms with Crippen LogP contribution in [0.2, 0.25) is 0 Å². The van der Waals surface area contributed by atoms with Crippen molar-refractivity contribution in [3.63, 3.8) is 0 Å². The fourth-order valence-electron chi connectivity index (χ4n) is 0. The van der Waals surface area contributed by atoms with Gasteiger partial charge in [-0.25, -0.2) is 0 Å². The maximum Gasteiger partial charge on any atom is 0.0402 e. The van der Waals surface area contributed by atoms with Crippen molar-refractivity contribution in [2.24, 2.45) is 0 Å². The van der Waals surface area contributed by atoms with Gasteiger partial charge in [0.05, 0.1) is 0 Å². The molecule has 0 aromatic carbocycles. The molecule has 72 valence electrons. The zero-order valence-electron chi connectivity index (χ0n) is 7.34. The Labute approximate surface area is 98.7 Å². The summed E-state index contributed by atoms with van der Waals surface area (Å²) in [5.74, 6) is 0. The molecule has 0 bridgehead atoms. The van der Waals surface area contributed by atoms with Gasteiger partial charge in [0.25, 0.3) is 0 Å². The summed E-state index contributed by atoms with van der Waals surface area (Å²) in [6, 6.07) is 0. The largest absolute Gasteiger partial charge is 1.00 e. The van der Waals surface area contributed by atoms with Crippen molar-refractivity contribution in [2.45, 2.75) is 20.8 Å². The van der Waals surface area contributed by atoms with Crippen LogP contribution in [0.5, 0.6) is 0 Å². The van der Waals surface area contributed by atoms with Crippen LogP contribution in [-0.2, 0) is 26.2 Å². The molecule has 0 aliphatic carbocycles. The Bertz CT molecular complexity index is 22.5. The maximum absolute atomic E-state index is 7.57. The van der Waals surface area contributed by atoms with Gasteiger partial charge in [0, 0.05) is 46.0 Å². The van der Waals surface area contributed by atoms with Crippen molar-refractivity contribution in [3.05, 3.63) is 0 Å². The zero-order chi connectivity index (χ0) is 8.12. The Morgan fingerprint density at radius 2 is 0.727 bits per heavy atom. The first-order valence-corrected chi connectivity index (χ1v) is 3.07. The second-order valence-corrected chi connectivity index (χ2v) is 0.949. The van der Waals surface area contributed by atoms with Crippen LogP contribution in [0.1, 0.15) is 20.8 Å². The van der Waals surface area contributed by atoms with E-state index in [1.807, 2.05) is 0 Å². The minimum atomic E-state index is 0. The topological polar surface area (TPSA) is 60.7 Å². The van der Waals surface area contributed by atoms with Gasteiger partial charge >= 0.3 is 0 Å². The first-order valence-electron chi connectivity index (χ1n) is 3.07. The molecule has 0 rings (SSSR count). The molecule has 0 amide bonds. The molecule has 0 heterocycles. The number of halogens is 1. The number of aliphatic hydroxyl groups is 3.